The topological polar surface area (TPSA) is 49.4 Å². The minimum atomic E-state index is -0.336. The number of rotatable bonds is 3. The minimum Gasteiger partial charge on any atom is -0.334 e. The van der Waals surface area contributed by atoms with Crippen molar-refractivity contribution in [3.8, 4) is 0 Å². The van der Waals surface area contributed by atoms with Crippen molar-refractivity contribution < 1.29 is 9.59 Å². The van der Waals surface area contributed by atoms with Crippen LogP contribution < -0.4 is 5.32 Å². The van der Waals surface area contributed by atoms with Crippen molar-refractivity contribution >= 4 is 17.5 Å². The zero-order chi connectivity index (χ0) is 14.0. The molecule has 1 fully saturated rings. The lowest BCUT2D eigenvalue weighted by atomic mass is 10.0. The first-order chi connectivity index (χ1) is 8.99. The number of carbonyl (C=O) groups is 2. The lowest BCUT2D eigenvalue weighted by molar-refractivity contribution is -0.131. The first kappa shape index (κ1) is 13.6. The van der Waals surface area contributed by atoms with Gasteiger partial charge in [-0.1, -0.05) is 26.0 Å². The summed E-state index contributed by atoms with van der Waals surface area (Å²) in [6.07, 6.45) is 1.06. The van der Waals surface area contributed by atoms with E-state index < -0.39 is 0 Å². The fourth-order valence-corrected chi connectivity index (χ4v) is 2.29. The smallest absolute Gasteiger partial charge is 0.247 e. The Morgan fingerprint density at radius 2 is 1.95 bits per heavy atom. The summed E-state index contributed by atoms with van der Waals surface area (Å²) in [7, 11) is 1.68. The van der Waals surface area contributed by atoms with Crippen LogP contribution >= 0.6 is 0 Å². The van der Waals surface area contributed by atoms with Crippen LogP contribution in [-0.4, -0.2) is 29.8 Å². The van der Waals surface area contributed by atoms with Crippen LogP contribution in [0.3, 0.4) is 0 Å². The molecule has 0 saturated carbocycles. The molecule has 1 N–H and O–H groups in total. The van der Waals surface area contributed by atoms with Gasteiger partial charge in [-0.05, 0) is 30.0 Å². The summed E-state index contributed by atoms with van der Waals surface area (Å²) in [5, 5.41) is 2.87. The van der Waals surface area contributed by atoms with Crippen LogP contribution in [0, 0.1) is 0 Å². The molecule has 0 aromatic heterocycles. The molecule has 1 aromatic carbocycles. The van der Waals surface area contributed by atoms with E-state index in [1.54, 1.807) is 7.05 Å². The predicted octanol–water partition coefficient (Wildman–Crippen LogP) is 2.37. The molecule has 4 nitrogen and oxygen atoms in total. The second-order valence-corrected chi connectivity index (χ2v) is 5.33. The van der Waals surface area contributed by atoms with Gasteiger partial charge in [0.15, 0.2) is 0 Å². The molecule has 2 amide bonds. The van der Waals surface area contributed by atoms with Gasteiger partial charge in [-0.25, -0.2) is 0 Å². The molecule has 1 aliphatic heterocycles. The van der Waals surface area contributed by atoms with E-state index in [-0.39, 0.29) is 17.9 Å². The Hall–Kier alpha value is -1.84. The number of likely N-dealkylation sites (N-methyl/N-ethyl adjacent to an activating group) is 1. The highest BCUT2D eigenvalue weighted by atomic mass is 16.2. The highest BCUT2D eigenvalue weighted by Gasteiger charge is 2.33. The van der Waals surface area contributed by atoms with Crippen LogP contribution in [0.25, 0.3) is 0 Å². The molecule has 0 spiro atoms. The number of hydrogen-bond donors (Lipinski definition) is 1. The maximum absolute atomic E-state index is 12.1. The Morgan fingerprint density at radius 1 is 1.32 bits per heavy atom. The molecule has 1 heterocycles. The van der Waals surface area contributed by atoms with Gasteiger partial charge in [0.05, 0.1) is 0 Å². The SMILES string of the molecule is CC(C)c1ccc(NC(=O)C2CCC(=O)N2C)cc1. The Kier molecular flexibility index (Phi) is 3.88. The number of hydrogen-bond acceptors (Lipinski definition) is 2. The van der Waals surface area contributed by atoms with Crippen molar-refractivity contribution in [1.29, 1.82) is 0 Å². The van der Waals surface area contributed by atoms with E-state index in [0.717, 1.165) is 5.69 Å². The third kappa shape index (κ3) is 2.95. The second kappa shape index (κ2) is 5.43. The Morgan fingerprint density at radius 3 is 2.42 bits per heavy atom. The molecule has 2 rings (SSSR count). The van der Waals surface area contributed by atoms with Gasteiger partial charge in [-0.3, -0.25) is 9.59 Å². The third-order valence-corrected chi connectivity index (χ3v) is 3.64. The normalized spacial score (nSPS) is 19.1. The standard InChI is InChI=1S/C15H20N2O2/c1-10(2)11-4-6-12(7-5-11)16-15(19)13-8-9-14(18)17(13)3/h4-7,10,13H,8-9H2,1-3H3,(H,16,19). The Labute approximate surface area is 113 Å². The number of amides is 2. The van der Waals surface area contributed by atoms with E-state index in [2.05, 4.69) is 19.2 Å². The Bertz CT molecular complexity index is 479. The van der Waals surface area contributed by atoms with Crippen molar-refractivity contribution in [2.24, 2.45) is 0 Å². The number of likely N-dealkylation sites (tertiary alicyclic amines) is 1. The van der Waals surface area contributed by atoms with Crippen LogP contribution in [0.2, 0.25) is 0 Å². The molecular formula is C15H20N2O2. The average molecular weight is 260 g/mol. The summed E-state index contributed by atoms with van der Waals surface area (Å²) < 4.78 is 0. The number of nitrogens with one attached hydrogen (secondary N) is 1. The van der Waals surface area contributed by atoms with Gasteiger partial charge in [0.2, 0.25) is 11.8 Å². The first-order valence-electron chi connectivity index (χ1n) is 6.65. The van der Waals surface area contributed by atoms with Gasteiger partial charge in [-0.2, -0.15) is 0 Å². The molecule has 4 heteroatoms. The van der Waals surface area contributed by atoms with Crippen LogP contribution in [-0.2, 0) is 9.59 Å². The van der Waals surface area contributed by atoms with Crippen LogP contribution in [0.5, 0.6) is 0 Å². The molecule has 1 aromatic rings. The molecule has 0 aliphatic carbocycles. The zero-order valence-corrected chi connectivity index (χ0v) is 11.6. The van der Waals surface area contributed by atoms with Crippen molar-refractivity contribution in [3.63, 3.8) is 0 Å². The second-order valence-electron chi connectivity index (χ2n) is 5.33. The van der Waals surface area contributed by atoms with Gasteiger partial charge in [-0.15, -0.1) is 0 Å². The van der Waals surface area contributed by atoms with Gasteiger partial charge >= 0.3 is 0 Å². The molecule has 19 heavy (non-hydrogen) atoms. The van der Waals surface area contributed by atoms with Crippen LogP contribution in [0.1, 0.15) is 38.2 Å². The number of anilines is 1. The molecule has 1 unspecified atom stereocenters. The van der Waals surface area contributed by atoms with Crippen LogP contribution in [0.15, 0.2) is 24.3 Å². The molecular weight excluding hydrogens is 240 g/mol. The monoisotopic (exact) mass is 260 g/mol. The molecule has 0 radical (unpaired) electrons. The number of benzene rings is 1. The summed E-state index contributed by atoms with van der Waals surface area (Å²) in [6.45, 7) is 4.26. The quantitative estimate of drug-likeness (QED) is 0.907. The van der Waals surface area contributed by atoms with Gasteiger partial charge < -0.3 is 10.2 Å². The summed E-state index contributed by atoms with van der Waals surface area (Å²) >= 11 is 0. The number of nitrogens with zero attached hydrogens (tertiary/aromatic N) is 1. The third-order valence-electron chi connectivity index (χ3n) is 3.64. The Balaban J connectivity index is 2.01. The average Bonchev–Trinajstić information content (AvgIpc) is 2.70. The zero-order valence-electron chi connectivity index (χ0n) is 11.6. The van der Waals surface area contributed by atoms with Gasteiger partial charge in [0.25, 0.3) is 0 Å². The van der Waals surface area contributed by atoms with Crippen LogP contribution in [0.4, 0.5) is 5.69 Å². The molecule has 1 atom stereocenters. The highest BCUT2D eigenvalue weighted by molar-refractivity contribution is 5.98. The summed E-state index contributed by atoms with van der Waals surface area (Å²) in [4.78, 5) is 25.0. The maximum Gasteiger partial charge on any atom is 0.247 e. The molecule has 0 bridgehead atoms. The molecule has 1 aliphatic rings. The van der Waals surface area contributed by atoms with Gasteiger partial charge in [0, 0.05) is 19.2 Å². The largest absolute Gasteiger partial charge is 0.334 e. The summed E-state index contributed by atoms with van der Waals surface area (Å²) in [5.41, 5.74) is 2.02. The summed E-state index contributed by atoms with van der Waals surface area (Å²) in [5.74, 6) is 0.407. The molecule has 102 valence electrons. The molecule has 1 saturated heterocycles. The van der Waals surface area contributed by atoms with Crippen molar-refractivity contribution in [2.75, 3.05) is 12.4 Å². The fourth-order valence-electron chi connectivity index (χ4n) is 2.29. The van der Waals surface area contributed by atoms with E-state index >= 15 is 0 Å². The van der Waals surface area contributed by atoms with E-state index in [1.807, 2.05) is 24.3 Å². The van der Waals surface area contributed by atoms with Crippen molar-refractivity contribution in [1.82, 2.24) is 4.90 Å². The minimum absolute atomic E-state index is 0.0373. The van der Waals surface area contributed by atoms with E-state index in [9.17, 15) is 9.59 Å². The lowest BCUT2D eigenvalue weighted by Crippen LogP contribution is -2.38. The van der Waals surface area contributed by atoms with E-state index in [4.69, 9.17) is 0 Å². The fraction of sp³-hybridized carbons (Fsp3) is 0.467. The first-order valence-corrected chi connectivity index (χ1v) is 6.65. The van der Waals surface area contributed by atoms with Gasteiger partial charge in [0.1, 0.15) is 6.04 Å². The lowest BCUT2D eigenvalue weighted by Gasteiger charge is -2.19. The summed E-state index contributed by atoms with van der Waals surface area (Å²) in [6, 6.07) is 7.51. The van der Waals surface area contributed by atoms with E-state index in [0.29, 0.717) is 18.8 Å². The van der Waals surface area contributed by atoms with E-state index in [1.165, 1.54) is 10.5 Å². The highest BCUT2D eigenvalue weighted by Crippen LogP contribution is 2.20. The van der Waals surface area contributed by atoms with Crippen molar-refractivity contribution in [2.45, 2.75) is 38.6 Å². The maximum atomic E-state index is 12.1. The van der Waals surface area contributed by atoms with Crippen molar-refractivity contribution in [3.05, 3.63) is 29.8 Å². The predicted molar refractivity (Wildman–Crippen MR) is 75.0 cm³/mol. The number of carbonyl (C=O) groups excluding carboxylic acids is 2.